The first-order chi connectivity index (χ1) is 13.7. The second kappa shape index (κ2) is 11.3. The molecule has 8 nitrogen and oxygen atoms in total. The largest absolute Gasteiger partial charge is 0.357 e. The summed E-state index contributed by atoms with van der Waals surface area (Å²) in [4.78, 5) is 20.6. The van der Waals surface area contributed by atoms with Crippen molar-refractivity contribution >= 4 is 29.9 Å². The molecule has 0 atom stereocenters. The molecule has 0 aliphatic rings. The molecule has 0 bridgehead atoms. The van der Waals surface area contributed by atoms with Crippen molar-refractivity contribution in [2.24, 2.45) is 12.0 Å². The van der Waals surface area contributed by atoms with Crippen molar-refractivity contribution in [3.05, 3.63) is 82.3 Å². The molecule has 29 heavy (non-hydrogen) atoms. The molecule has 0 amide bonds. The van der Waals surface area contributed by atoms with Crippen molar-refractivity contribution < 1.29 is 0 Å². The second-order valence-corrected chi connectivity index (χ2v) is 6.33. The highest BCUT2D eigenvalue weighted by Crippen LogP contribution is 2.07. The fraction of sp³-hybridized carbons (Fsp3) is 0.300. The van der Waals surface area contributed by atoms with Gasteiger partial charge in [-0.1, -0.05) is 30.3 Å². The number of aliphatic imine (C=N–C) groups is 1. The van der Waals surface area contributed by atoms with Gasteiger partial charge in [0.1, 0.15) is 12.2 Å². The molecule has 0 saturated heterocycles. The van der Waals surface area contributed by atoms with E-state index in [-0.39, 0.29) is 29.5 Å². The van der Waals surface area contributed by atoms with Gasteiger partial charge >= 0.3 is 0 Å². The lowest BCUT2D eigenvalue weighted by atomic mass is 10.1. The van der Waals surface area contributed by atoms with Crippen molar-refractivity contribution in [3.8, 4) is 0 Å². The van der Waals surface area contributed by atoms with Gasteiger partial charge in [0, 0.05) is 25.9 Å². The van der Waals surface area contributed by atoms with Crippen LogP contribution in [0.25, 0.3) is 0 Å². The number of nitrogens with zero attached hydrogens (tertiary/aromatic N) is 5. The quantitative estimate of drug-likeness (QED) is 0.290. The van der Waals surface area contributed by atoms with Crippen LogP contribution in [0.1, 0.15) is 23.9 Å². The Morgan fingerprint density at radius 2 is 1.86 bits per heavy atom. The number of hydrogen-bond acceptors (Lipinski definition) is 4. The van der Waals surface area contributed by atoms with E-state index in [0.717, 1.165) is 29.5 Å². The molecular formula is C20H26IN7O. The molecule has 3 aromatic rings. The number of pyridine rings is 1. The number of aromatic nitrogens is 4. The van der Waals surface area contributed by atoms with Gasteiger partial charge in [-0.3, -0.25) is 9.48 Å². The Balaban J connectivity index is 0.00000300. The third-order valence-electron chi connectivity index (χ3n) is 4.26. The van der Waals surface area contributed by atoms with Gasteiger partial charge in [0.25, 0.3) is 5.56 Å². The Kier molecular flexibility index (Phi) is 8.84. The maximum atomic E-state index is 11.8. The fourth-order valence-electron chi connectivity index (χ4n) is 2.69. The molecule has 0 radical (unpaired) electrons. The summed E-state index contributed by atoms with van der Waals surface area (Å²) in [7, 11) is 1.86. The fourth-order valence-corrected chi connectivity index (χ4v) is 2.69. The number of nitrogens with one attached hydrogen (secondary N) is 2. The van der Waals surface area contributed by atoms with Crippen LogP contribution in [0.5, 0.6) is 0 Å². The van der Waals surface area contributed by atoms with Gasteiger partial charge in [0.05, 0.1) is 19.6 Å². The van der Waals surface area contributed by atoms with Gasteiger partial charge in [-0.05, 0) is 24.1 Å². The molecule has 0 fully saturated rings. The molecule has 2 N–H and O–H groups in total. The van der Waals surface area contributed by atoms with E-state index in [0.29, 0.717) is 19.6 Å². The highest BCUT2D eigenvalue weighted by Gasteiger charge is 2.03. The minimum atomic E-state index is 0. The van der Waals surface area contributed by atoms with E-state index in [9.17, 15) is 4.79 Å². The number of aryl methyl sites for hydroxylation is 1. The van der Waals surface area contributed by atoms with Crippen LogP contribution in [0.4, 0.5) is 0 Å². The van der Waals surface area contributed by atoms with E-state index >= 15 is 0 Å². The first kappa shape index (κ1) is 22.6. The van der Waals surface area contributed by atoms with Gasteiger partial charge in [-0.2, -0.15) is 5.10 Å². The zero-order chi connectivity index (χ0) is 19.8. The number of halogens is 1. The molecule has 1 aromatic carbocycles. The summed E-state index contributed by atoms with van der Waals surface area (Å²) in [5.41, 5.74) is 2.17. The standard InChI is InChI=1S/C20H25N7O.HI/c1-3-21-20(23-13-18-24-15-25-26(18)2)22-12-16-7-9-17(10-8-16)14-27-11-5-4-6-19(27)28;/h4-11,15H,3,12-14H2,1-2H3,(H2,21,22,23);1H. The molecule has 9 heteroatoms. The van der Waals surface area contributed by atoms with E-state index < -0.39 is 0 Å². The van der Waals surface area contributed by atoms with Crippen molar-refractivity contribution in [1.82, 2.24) is 30.0 Å². The van der Waals surface area contributed by atoms with Gasteiger partial charge in [0.2, 0.25) is 0 Å². The smallest absolute Gasteiger partial charge is 0.250 e. The van der Waals surface area contributed by atoms with Crippen molar-refractivity contribution in [1.29, 1.82) is 0 Å². The number of guanidine groups is 1. The van der Waals surface area contributed by atoms with Gasteiger partial charge in [0.15, 0.2) is 5.96 Å². The summed E-state index contributed by atoms with van der Waals surface area (Å²) in [5, 5.41) is 10.6. The lowest BCUT2D eigenvalue weighted by molar-refractivity contribution is 0.673. The van der Waals surface area contributed by atoms with Gasteiger partial charge in [-0.15, -0.1) is 24.0 Å². The zero-order valence-electron chi connectivity index (χ0n) is 16.6. The first-order valence-electron chi connectivity index (χ1n) is 9.24. The average Bonchev–Trinajstić information content (AvgIpc) is 3.12. The van der Waals surface area contributed by atoms with Crippen molar-refractivity contribution in [2.75, 3.05) is 6.54 Å². The molecule has 154 valence electrons. The molecule has 0 unspecified atom stereocenters. The predicted octanol–water partition coefficient (Wildman–Crippen LogP) is 1.90. The van der Waals surface area contributed by atoms with Crippen LogP contribution in [-0.4, -0.2) is 31.8 Å². The first-order valence-corrected chi connectivity index (χ1v) is 9.24. The summed E-state index contributed by atoms with van der Waals surface area (Å²) in [5.74, 6) is 1.57. The Bertz CT molecular complexity index is 979. The predicted molar refractivity (Wildman–Crippen MR) is 124 cm³/mol. The molecule has 0 aliphatic heterocycles. The van der Waals surface area contributed by atoms with Crippen LogP contribution in [-0.2, 0) is 26.7 Å². The molecule has 2 aromatic heterocycles. The monoisotopic (exact) mass is 507 g/mol. The van der Waals surface area contributed by atoms with Crippen LogP contribution in [0.15, 0.2) is 64.8 Å². The molecule has 0 aliphatic carbocycles. The topological polar surface area (TPSA) is 89.1 Å². The normalized spacial score (nSPS) is 11.0. The lowest BCUT2D eigenvalue weighted by Gasteiger charge is -2.11. The SMILES string of the molecule is CCNC(=NCc1ccc(Cn2ccccc2=O)cc1)NCc1ncnn1C.I. The van der Waals surface area contributed by atoms with Crippen LogP contribution in [0.3, 0.4) is 0 Å². The van der Waals surface area contributed by atoms with Crippen molar-refractivity contribution in [3.63, 3.8) is 0 Å². The maximum absolute atomic E-state index is 11.8. The van der Waals surface area contributed by atoms with Gasteiger partial charge in [-0.25, -0.2) is 9.98 Å². The summed E-state index contributed by atoms with van der Waals surface area (Å²) < 4.78 is 3.42. The van der Waals surface area contributed by atoms with Crippen molar-refractivity contribution in [2.45, 2.75) is 26.6 Å². The van der Waals surface area contributed by atoms with E-state index in [1.54, 1.807) is 27.6 Å². The molecule has 0 spiro atoms. The highest BCUT2D eigenvalue weighted by molar-refractivity contribution is 14.0. The van der Waals surface area contributed by atoms with Crippen LogP contribution in [0.2, 0.25) is 0 Å². The Morgan fingerprint density at radius 3 is 2.52 bits per heavy atom. The zero-order valence-corrected chi connectivity index (χ0v) is 18.9. The Labute approximate surface area is 187 Å². The highest BCUT2D eigenvalue weighted by atomic mass is 127. The van der Waals surface area contributed by atoms with E-state index in [1.165, 1.54) is 6.33 Å². The maximum Gasteiger partial charge on any atom is 0.250 e. The third-order valence-corrected chi connectivity index (χ3v) is 4.26. The number of hydrogen-bond donors (Lipinski definition) is 2. The molecule has 3 rings (SSSR count). The van der Waals surface area contributed by atoms with E-state index in [4.69, 9.17) is 0 Å². The molecular weight excluding hydrogens is 481 g/mol. The average molecular weight is 507 g/mol. The van der Waals surface area contributed by atoms with Crippen LogP contribution >= 0.6 is 24.0 Å². The number of rotatable bonds is 7. The van der Waals surface area contributed by atoms with Gasteiger partial charge < -0.3 is 15.2 Å². The summed E-state index contributed by atoms with van der Waals surface area (Å²) in [6.45, 7) is 4.47. The lowest BCUT2D eigenvalue weighted by Crippen LogP contribution is -2.37. The van der Waals surface area contributed by atoms with Crippen LogP contribution in [0, 0.1) is 0 Å². The minimum Gasteiger partial charge on any atom is -0.357 e. The van der Waals surface area contributed by atoms with Crippen LogP contribution < -0.4 is 16.2 Å². The summed E-state index contributed by atoms with van der Waals surface area (Å²) in [6, 6.07) is 13.3. The summed E-state index contributed by atoms with van der Waals surface area (Å²) >= 11 is 0. The molecule has 2 heterocycles. The minimum absolute atomic E-state index is 0. The summed E-state index contributed by atoms with van der Waals surface area (Å²) in [6.07, 6.45) is 3.33. The van der Waals surface area contributed by atoms with E-state index in [1.807, 2.05) is 44.3 Å². The Morgan fingerprint density at radius 1 is 1.10 bits per heavy atom. The van der Waals surface area contributed by atoms with E-state index in [2.05, 4.69) is 25.7 Å². The second-order valence-electron chi connectivity index (χ2n) is 6.33. The third kappa shape index (κ3) is 6.70. The molecule has 0 saturated carbocycles. The number of benzene rings is 1. The Hall–Kier alpha value is -2.69.